The number of rotatable bonds is 5. The van der Waals surface area contributed by atoms with E-state index in [2.05, 4.69) is 5.73 Å². The fourth-order valence-electron chi connectivity index (χ4n) is 2.89. The number of amides is 1. The number of aromatic nitrogens is 2. The number of pyridine rings is 2. The molecule has 29 heavy (non-hydrogen) atoms. The molecule has 0 saturated carbocycles. The van der Waals surface area contributed by atoms with Gasteiger partial charge in [0.1, 0.15) is 12.3 Å². The molecule has 2 aromatic heterocycles. The van der Waals surface area contributed by atoms with Gasteiger partial charge in [0.15, 0.2) is 5.75 Å². The molecule has 10 heteroatoms. The van der Waals surface area contributed by atoms with E-state index in [1.807, 2.05) is 0 Å². The summed E-state index contributed by atoms with van der Waals surface area (Å²) in [4.78, 5) is 36.2. The maximum atomic E-state index is 12.4. The zero-order chi connectivity index (χ0) is 22.0. The van der Waals surface area contributed by atoms with Crippen molar-refractivity contribution in [2.45, 2.75) is 13.8 Å². The van der Waals surface area contributed by atoms with Gasteiger partial charge in [-0.25, -0.2) is 0 Å². The molecule has 0 bridgehead atoms. The molecule has 0 aromatic carbocycles. The molecular weight excluding hydrogens is 380 g/mol. The third kappa shape index (κ3) is 3.66. The zero-order valence-corrected chi connectivity index (χ0v) is 16.4. The van der Waals surface area contributed by atoms with Crippen LogP contribution in [0.25, 0.3) is 12.2 Å². The van der Waals surface area contributed by atoms with Crippen LogP contribution < -0.4 is 27.3 Å². The van der Waals surface area contributed by atoms with Crippen LogP contribution in [-0.4, -0.2) is 32.0 Å². The van der Waals surface area contributed by atoms with Crippen LogP contribution in [0.5, 0.6) is 17.5 Å². The lowest BCUT2D eigenvalue weighted by Crippen LogP contribution is -2.25. The van der Waals surface area contributed by atoms with Gasteiger partial charge in [-0.3, -0.25) is 29.3 Å². The van der Waals surface area contributed by atoms with E-state index < -0.39 is 22.9 Å². The summed E-state index contributed by atoms with van der Waals surface area (Å²) in [5.41, 5.74) is 12.9. The fraction of sp³-hybridized carbons (Fsp3) is 0.263. The summed E-state index contributed by atoms with van der Waals surface area (Å²) in [6.07, 6.45) is 2.64. The van der Waals surface area contributed by atoms with Crippen molar-refractivity contribution in [1.82, 2.24) is 9.13 Å². The summed E-state index contributed by atoms with van der Waals surface area (Å²) in [6.45, 7) is 2.81. The molecule has 0 saturated heterocycles. The van der Waals surface area contributed by atoms with Crippen LogP contribution in [0.2, 0.25) is 0 Å². The van der Waals surface area contributed by atoms with Gasteiger partial charge in [-0.15, -0.1) is 5.73 Å². The van der Waals surface area contributed by atoms with Crippen molar-refractivity contribution in [2.75, 3.05) is 6.73 Å². The van der Waals surface area contributed by atoms with Crippen LogP contribution in [0.4, 0.5) is 0 Å². The summed E-state index contributed by atoms with van der Waals surface area (Å²) in [7, 11) is 2.66. The third-order valence-corrected chi connectivity index (χ3v) is 4.59. The molecule has 1 amide bonds. The molecule has 2 aromatic rings. The molecule has 0 radical (unpaired) electrons. The van der Waals surface area contributed by atoms with Crippen molar-refractivity contribution in [2.24, 2.45) is 25.6 Å². The minimum Gasteiger partial charge on any atom is -0.494 e. The Kier molecular flexibility index (Phi) is 6.01. The molecule has 0 unspecified atom stereocenters. The molecule has 0 atom stereocenters. The number of nitrogens with two attached hydrogens (primary N) is 2. The van der Waals surface area contributed by atoms with E-state index in [-0.39, 0.29) is 40.6 Å². The van der Waals surface area contributed by atoms with Crippen LogP contribution in [0, 0.1) is 13.8 Å². The van der Waals surface area contributed by atoms with Crippen molar-refractivity contribution in [3.63, 3.8) is 0 Å². The van der Waals surface area contributed by atoms with E-state index in [1.165, 1.54) is 33.2 Å². The molecule has 10 nitrogen and oxygen atoms in total. The highest BCUT2D eigenvalue weighted by atomic mass is 16.5. The Labute approximate surface area is 165 Å². The molecule has 0 fully saturated rings. The van der Waals surface area contributed by atoms with E-state index in [4.69, 9.17) is 16.2 Å². The first-order valence-corrected chi connectivity index (χ1v) is 8.44. The zero-order valence-electron chi connectivity index (χ0n) is 16.4. The predicted octanol–water partition coefficient (Wildman–Crippen LogP) is -0.169. The average molecular weight is 402 g/mol. The Bertz CT molecular complexity index is 1180. The SMILES string of the molecule is Cc1c(C(N)=O)c(O)n(C)c(=O)c1C=C=Cc1c(C)c(OCN)c(=O)n(C)c1O. The van der Waals surface area contributed by atoms with Gasteiger partial charge < -0.3 is 20.7 Å². The number of carbonyl (C=O) groups is 1. The lowest BCUT2D eigenvalue weighted by molar-refractivity contribution is 0.0995. The monoisotopic (exact) mass is 402 g/mol. The molecule has 0 aliphatic heterocycles. The lowest BCUT2D eigenvalue weighted by Gasteiger charge is -2.13. The van der Waals surface area contributed by atoms with Gasteiger partial charge in [0.05, 0.1) is 5.56 Å². The molecule has 2 rings (SSSR count). The third-order valence-electron chi connectivity index (χ3n) is 4.59. The number of hydrogen-bond acceptors (Lipinski definition) is 7. The number of carbonyl (C=O) groups excluding carboxylic acids is 1. The number of aromatic hydroxyl groups is 2. The number of nitrogens with zero attached hydrogens (tertiary/aromatic N) is 2. The summed E-state index contributed by atoms with van der Waals surface area (Å²) in [6, 6.07) is 0. The normalized spacial score (nSPS) is 10.4. The first-order chi connectivity index (χ1) is 13.5. The lowest BCUT2D eigenvalue weighted by atomic mass is 10.0. The van der Waals surface area contributed by atoms with Gasteiger partial charge in [0, 0.05) is 25.2 Å². The highest BCUT2D eigenvalue weighted by molar-refractivity contribution is 5.97. The molecule has 0 aliphatic rings. The quantitative estimate of drug-likeness (QED) is 0.398. The Morgan fingerprint density at radius 2 is 1.59 bits per heavy atom. The Morgan fingerprint density at radius 1 is 1.03 bits per heavy atom. The molecule has 6 N–H and O–H groups in total. The maximum absolute atomic E-state index is 12.4. The number of ether oxygens (including phenoxy) is 1. The Morgan fingerprint density at radius 3 is 2.14 bits per heavy atom. The highest BCUT2D eigenvalue weighted by Gasteiger charge is 2.20. The minimum absolute atomic E-state index is 0.0198. The molecule has 0 spiro atoms. The van der Waals surface area contributed by atoms with E-state index >= 15 is 0 Å². The highest BCUT2D eigenvalue weighted by Crippen LogP contribution is 2.26. The topological polar surface area (TPSA) is 163 Å². The second kappa shape index (κ2) is 8.09. The molecule has 0 aliphatic carbocycles. The van der Waals surface area contributed by atoms with Gasteiger partial charge in [-0.1, -0.05) is 0 Å². The van der Waals surface area contributed by atoms with E-state index in [0.717, 1.165) is 9.13 Å². The largest absolute Gasteiger partial charge is 0.494 e. The van der Waals surface area contributed by atoms with Gasteiger partial charge in [0.25, 0.3) is 17.0 Å². The van der Waals surface area contributed by atoms with Crippen molar-refractivity contribution >= 4 is 18.1 Å². The first kappa shape index (κ1) is 21.5. The van der Waals surface area contributed by atoms with Gasteiger partial charge in [0.2, 0.25) is 11.8 Å². The molecular formula is C19H22N4O6. The summed E-state index contributed by atoms with van der Waals surface area (Å²) < 4.78 is 7.04. The van der Waals surface area contributed by atoms with Crippen LogP contribution in [-0.2, 0) is 14.1 Å². The van der Waals surface area contributed by atoms with Crippen LogP contribution in [0.1, 0.15) is 32.6 Å². The van der Waals surface area contributed by atoms with Gasteiger partial charge in [-0.05, 0) is 31.6 Å². The van der Waals surface area contributed by atoms with Crippen LogP contribution >= 0.6 is 0 Å². The maximum Gasteiger partial charge on any atom is 0.295 e. The smallest absolute Gasteiger partial charge is 0.295 e. The number of primary amides is 1. The predicted molar refractivity (Wildman–Crippen MR) is 107 cm³/mol. The van der Waals surface area contributed by atoms with Gasteiger partial charge in [-0.2, -0.15) is 0 Å². The van der Waals surface area contributed by atoms with Gasteiger partial charge >= 0.3 is 0 Å². The van der Waals surface area contributed by atoms with E-state index in [9.17, 15) is 24.6 Å². The fourth-order valence-corrected chi connectivity index (χ4v) is 2.89. The summed E-state index contributed by atoms with van der Waals surface area (Å²) in [5, 5.41) is 20.3. The van der Waals surface area contributed by atoms with E-state index in [1.54, 1.807) is 6.92 Å². The Hall–Kier alpha value is -3.75. The minimum atomic E-state index is -0.885. The molecule has 2 heterocycles. The summed E-state index contributed by atoms with van der Waals surface area (Å²) in [5.74, 6) is -1.76. The van der Waals surface area contributed by atoms with Crippen molar-refractivity contribution in [1.29, 1.82) is 0 Å². The second-order valence-corrected chi connectivity index (χ2v) is 6.29. The van der Waals surface area contributed by atoms with Crippen molar-refractivity contribution in [3.05, 3.63) is 54.3 Å². The summed E-state index contributed by atoms with van der Waals surface area (Å²) >= 11 is 0. The van der Waals surface area contributed by atoms with E-state index in [0.29, 0.717) is 5.56 Å². The average Bonchev–Trinajstić information content (AvgIpc) is 2.66. The first-order valence-electron chi connectivity index (χ1n) is 8.44. The number of hydrogen-bond donors (Lipinski definition) is 4. The van der Waals surface area contributed by atoms with Crippen LogP contribution in [0.3, 0.4) is 0 Å². The molecule has 154 valence electrons. The second-order valence-electron chi connectivity index (χ2n) is 6.29. The van der Waals surface area contributed by atoms with Crippen LogP contribution in [0.15, 0.2) is 15.3 Å². The standard InChI is InChI=1S/C19H22N4O6/c1-9-11(16(25)22(3)18(27)13(9)15(21)24)6-5-7-12-10(2)14(29-8-20)19(28)23(4)17(12)26/h6-7,26-27H,8,20H2,1-4H3,(H2,21,24). The van der Waals surface area contributed by atoms with Crippen molar-refractivity contribution < 1.29 is 19.7 Å². The Balaban J connectivity index is 2.73. The van der Waals surface area contributed by atoms with Crippen molar-refractivity contribution in [3.8, 4) is 17.5 Å².